The van der Waals surface area contributed by atoms with Crippen LogP contribution < -0.4 is 4.90 Å². The van der Waals surface area contributed by atoms with E-state index in [0.29, 0.717) is 18.8 Å². The highest BCUT2D eigenvalue weighted by Gasteiger charge is 2.12. The summed E-state index contributed by atoms with van der Waals surface area (Å²) >= 11 is 2.56. The summed E-state index contributed by atoms with van der Waals surface area (Å²) in [5.41, 5.74) is 1.10. The second-order valence-corrected chi connectivity index (χ2v) is 8.88. The van der Waals surface area contributed by atoms with Gasteiger partial charge in [-0.2, -0.15) is 0 Å². The van der Waals surface area contributed by atoms with Gasteiger partial charge in [0.25, 0.3) is 0 Å². The Labute approximate surface area is 184 Å². The molecule has 0 bridgehead atoms. The fourth-order valence-electron chi connectivity index (χ4n) is 2.65. The van der Waals surface area contributed by atoms with E-state index in [1.807, 2.05) is 70.3 Å². The van der Waals surface area contributed by atoms with Crippen molar-refractivity contribution in [2.75, 3.05) is 78.8 Å². The van der Waals surface area contributed by atoms with E-state index < -0.39 is 0 Å². The molecule has 7 nitrogen and oxygen atoms in total. The van der Waals surface area contributed by atoms with Crippen molar-refractivity contribution in [2.45, 2.75) is 0 Å². The number of guanidine groups is 2. The zero-order valence-corrected chi connectivity index (χ0v) is 20.3. The summed E-state index contributed by atoms with van der Waals surface area (Å²) in [5.74, 6) is 2.48. The number of thioether (sulfide) groups is 2. The second-order valence-electron chi connectivity index (χ2n) is 6.77. The van der Waals surface area contributed by atoms with Crippen molar-refractivity contribution >= 4 is 45.6 Å². The number of anilines is 1. The van der Waals surface area contributed by atoms with E-state index >= 15 is 0 Å². The number of likely N-dealkylation sites (N-methyl/N-ethyl adjacent to an activating group) is 1. The van der Waals surface area contributed by atoms with Gasteiger partial charge in [0, 0.05) is 60.3 Å². The van der Waals surface area contributed by atoms with Crippen molar-refractivity contribution in [1.29, 1.82) is 0 Å². The Balaban J connectivity index is 2.71. The van der Waals surface area contributed by atoms with Crippen LogP contribution in [0.1, 0.15) is 0 Å². The molecule has 9 heteroatoms. The van der Waals surface area contributed by atoms with E-state index in [0.717, 1.165) is 24.2 Å². The first-order valence-corrected chi connectivity index (χ1v) is 11.6. The van der Waals surface area contributed by atoms with Crippen molar-refractivity contribution in [1.82, 2.24) is 14.7 Å². The lowest BCUT2D eigenvalue weighted by atomic mass is 10.3. The van der Waals surface area contributed by atoms with Crippen molar-refractivity contribution < 1.29 is 4.79 Å². The van der Waals surface area contributed by atoms with Crippen molar-refractivity contribution in [3.8, 4) is 0 Å². The van der Waals surface area contributed by atoms with Crippen LogP contribution in [0.25, 0.3) is 0 Å². The van der Waals surface area contributed by atoms with Crippen LogP contribution in [0, 0.1) is 0 Å². The van der Waals surface area contributed by atoms with E-state index in [4.69, 9.17) is 4.99 Å². The van der Waals surface area contributed by atoms with Gasteiger partial charge in [0.05, 0.1) is 13.1 Å². The van der Waals surface area contributed by atoms with Gasteiger partial charge in [-0.3, -0.25) is 14.8 Å². The maximum atomic E-state index is 11.4. The molecule has 0 aliphatic rings. The molecule has 0 saturated carbocycles. The van der Waals surface area contributed by atoms with Crippen LogP contribution in [0.2, 0.25) is 0 Å². The third-order valence-electron chi connectivity index (χ3n) is 4.00. The first-order valence-electron chi connectivity index (χ1n) is 9.42. The van der Waals surface area contributed by atoms with Gasteiger partial charge in [0.15, 0.2) is 11.9 Å². The largest absolute Gasteiger partial charge is 0.349 e. The molecule has 0 spiro atoms. The van der Waals surface area contributed by atoms with Crippen LogP contribution in [-0.2, 0) is 0 Å². The monoisotopic (exact) mass is 438 g/mol. The third-order valence-corrected chi connectivity index (χ3v) is 5.81. The highest BCUT2D eigenvalue weighted by Crippen LogP contribution is 2.13. The molecule has 0 radical (unpaired) electrons. The smallest absolute Gasteiger partial charge is 0.245 e. The van der Waals surface area contributed by atoms with Gasteiger partial charge in [-0.1, -0.05) is 41.7 Å². The number of carbonyl (C=O) groups excluding carboxylic acids is 1. The Morgan fingerprint density at radius 3 is 2.03 bits per heavy atom. The van der Waals surface area contributed by atoms with Gasteiger partial charge in [-0.05, 0) is 18.4 Å². The molecule has 0 N–H and O–H groups in total. The number of aliphatic imine (C=N–C) groups is 2. The molecular formula is C20H34N6OS2. The fraction of sp³-hybridized carbons (Fsp3) is 0.550. The van der Waals surface area contributed by atoms with Gasteiger partial charge in [0.1, 0.15) is 0 Å². The Morgan fingerprint density at radius 1 is 0.897 bits per heavy atom. The normalized spacial score (nSPS) is 12.0. The molecule has 1 aromatic rings. The molecule has 0 atom stereocenters. The Morgan fingerprint density at radius 2 is 1.48 bits per heavy atom. The SMILES string of the molecule is CSC(=O)SCCN=C(N(C)C)N(C)CCN=C(N(C)C)N(C)c1ccccc1. The number of nitrogens with zero attached hydrogens (tertiary/aromatic N) is 6. The zero-order valence-electron chi connectivity index (χ0n) is 18.6. The Hall–Kier alpha value is -1.87. The predicted molar refractivity (Wildman–Crippen MR) is 131 cm³/mol. The number of carbonyl (C=O) groups is 1. The van der Waals surface area contributed by atoms with Gasteiger partial charge in [-0.25, -0.2) is 0 Å². The summed E-state index contributed by atoms with van der Waals surface area (Å²) in [4.78, 5) is 29.0. The highest BCUT2D eigenvalue weighted by molar-refractivity contribution is 8.38. The number of rotatable bonds is 7. The minimum Gasteiger partial charge on any atom is -0.349 e. The molecule has 29 heavy (non-hydrogen) atoms. The van der Waals surface area contributed by atoms with E-state index in [9.17, 15) is 4.79 Å². The molecule has 162 valence electrons. The summed E-state index contributed by atoms with van der Waals surface area (Å²) in [6, 6.07) is 10.2. The van der Waals surface area contributed by atoms with E-state index in [1.54, 1.807) is 6.26 Å². The molecule has 1 rings (SSSR count). The molecule has 0 aliphatic heterocycles. The molecule has 0 heterocycles. The molecule has 0 saturated heterocycles. The quantitative estimate of drug-likeness (QED) is 0.368. The first-order chi connectivity index (χ1) is 13.8. The summed E-state index contributed by atoms with van der Waals surface area (Å²) in [7, 11) is 12.0. The van der Waals surface area contributed by atoms with Crippen LogP contribution in [0.3, 0.4) is 0 Å². The number of hydrogen-bond donors (Lipinski definition) is 0. The third kappa shape index (κ3) is 8.99. The number of hydrogen-bond acceptors (Lipinski definition) is 5. The van der Waals surface area contributed by atoms with E-state index in [1.165, 1.54) is 23.5 Å². The Kier molecular flexibility index (Phi) is 11.6. The van der Waals surface area contributed by atoms with Gasteiger partial charge in [0.2, 0.25) is 4.45 Å². The average molecular weight is 439 g/mol. The average Bonchev–Trinajstić information content (AvgIpc) is 2.70. The van der Waals surface area contributed by atoms with Gasteiger partial charge in [-0.15, -0.1) is 0 Å². The minimum atomic E-state index is 0.132. The molecule has 1 aromatic carbocycles. The molecule has 0 fully saturated rings. The highest BCUT2D eigenvalue weighted by atomic mass is 32.2. The van der Waals surface area contributed by atoms with Crippen LogP contribution in [-0.4, -0.2) is 105 Å². The lowest BCUT2D eigenvalue weighted by Gasteiger charge is -2.28. The molecular weight excluding hydrogens is 404 g/mol. The predicted octanol–water partition coefficient (Wildman–Crippen LogP) is 3.11. The first kappa shape index (κ1) is 25.2. The topological polar surface area (TPSA) is 54.8 Å². The lowest BCUT2D eigenvalue weighted by Crippen LogP contribution is -2.41. The standard InChI is InChI=1S/C20H34N6OS2/c1-23(2)18(22-14-16-29-20(27)28-7)25(5)15-13-21-19(24(3)4)26(6)17-11-9-8-10-12-17/h8-12H,13-16H2,1-7H3. The van der Waals surface area contributed by atoms with Crippen LogP contribution in [0.5, 0.6) is 0 Å². The number of para-hydroxylation sites is 1. The van der Waals surface area contributed by atoms with Gasteiger partial charge >= 0.3 is 0 Å². The van der Waals surface area contributed by atoms with E-state index in [2.05, 4.69) is 26.9 Å². The maximum absolute atomic E-state index is 11.4. The molecule has 0 aliphatic carbocycles. The summed E-state index contributed by atoms with van der Waals surface area (Å²) in [5, 5.41) is 0. The minimum absolute atomic E-state index is 0.132. The van der Waals surface area contributed by atoms with Crippen LogP contribution >= 0.6 is 23.5 Å². The zero-order chi connectivity index (χ0) is 21.8. The summed E-state index contributed by atoms with van der Waals surface area (Å²) < 4.78 is 0.132. The maximum Gasteiger partial charge on any atom is 0.245 e. The number of benzene rings is 1. The van der Waals surface area contributed by atoms with Crippen molar-refractivity contribution in [3.05, 3.63) is 30.3 Å². The van der Waals surface area contributed by atoms with Crippen molar-refractivity contribution in [2.24, 2.45) is 9.98 Å². The van der Waals surface area contributed by atoms with Crippen molar-refractivity contribution in [3.63, 3.8) is 0 Å². The lowest BCUT2D eigenvalue weighted by molar-refractivity contribution is 0.276. The van der Waals surface area contributed by atoms with Crippen LogP contribution in [0.4, 0.5) is 10.5 Å². The second kappa shape index (κ2) is 13.4. The summed E-state index contributed by atoms with van der Waals surface area (Å²) in [6.45, 7) is 2.00. The summed E-state index contributed by atoms with van der Waals surface area (Å²) in [6.07, 6.45) is 1.80. The molecule has 0 amide bonds. The molecule has 0 unspecified atom stereocenters. The Bertz CT molecular complexity index is 679. The fourth-order valence-corrected chi connectivity index (χ4v) is 3.72. The van der Waals surface area contributed by atoms with Gasteiger partial charge < -0.3 is 19.6 Å². The van der Waals surface area contributed by atoms with Crippen LogP contribution in [0.15, 0.2) is 40.3 Å². The van der Waals surface area contributed by atoms with E-state index in [-0.39, 0.29) is 4.45 Å². The molecule has 0 aromatic heterocycles.